The van der Waals surface area contributed by atoms with E-state index in [-0.39, 0.29) is 22.5 Å². The van der Waals surface area contributed by atoms with Crippen LogP contribution in [-0.4, -0.2) is 25.8 Å². The first-order chi connectivity index (χ1) is 8.97. The van der Waals surface area contributed by atoms with Crippen LogP contribution >= 0.6 is 11.6 Å². The quantitative estimate of drug-likeness (QED) is 0.932. The van der Waals surface area contributed by atoms with Crippen molar-refractivity contribution in [2.24, 2.45) is 0 Å². The highest BCUT2D eigenvalue weighted by Crippen LogP contribution is 2.24. The SMILES string of the molecule is CC(C)n1cc(Oc2cc(C(=O)O)c(Cl)cn2)cn1. The van der Waals surface area contributed by atoms with E-state index in [2.05, 4.69) is 10.1 Å². The highest BCUT2D eigenvalue weighted by Gasteiger charge is 2.12. The molecule has 2 aromatic rings. The van der Waals surface area contributed by atoms with Crippen molar-refractivity contribution in [3.05, 3.63) is 35.2 Å². The first kappa shape index (κ1) is 13.4. The minimum absolute atomic E-state index is 0.0529. The molecule has 0 aliphatic carbocycles. The van der Waals surface area contributed by atoms with E-state index in [0.717, 1.165) is 0 Å². The zero-order chi connectivity index (χ0) is 14.0. The molecular formula is C12H12ClN3O3. The van der Waals surface area contributed by atoms with Crippen molar-refractivity contribution in [3.63, 3.8) is 0 Å². The van der Waals surface area contributed by atoms with Gasteiger partial charge in [0, 0.05) is 12.1 Å². The van der Waals surface area contributed by atoms with Crippen molar-refractivity contribution in [2.75, 3.05) is 0 Å². The number of aromatic nitrogens is 3. The molecule has 6 nitrogen and oxygen atoms in total. The van der Waals surface area contributed by atoms with E-state index in [1.807, 2.05) is 13.8 Å². The van der Waals surface area contributed by atoms with Gasteiger partial charge in [0.25, 0.3) is 0 Å². The Labute approximate surface area is 114 Å². The summed E-state index contributed by atoms with van der Waals surface area (Å²) in [6.45, 7) is 3.97. The topological polar surface area (TPSA) is 77.2 Å². The van der Waals surface area contributed by atoms with Crippen LogP contribution in [0.3, 0.4) is 0 Å². The molecule has 0 saturated carbocycles. The zero-order valence-corrected chi connectivity index (χ0v) is 11.1. The van der Waals surface area contributed by atoms with Crippen molar-refractivity contribution >= 4 is 17.6 Å². The summed E-state index contributed by atoms with van der Waals surface area (Å²) in [5.41, 5.74) is -0.0529. The number of hydrogen-bond donors (Lipinski definition) is 1. The summed E-state index contributed by atoms with van der Waals surface area (Å²) in [5, 5.41) is 13.1. The molecule has 0 atom stereocenters. The molecule has 0 aromatic carbocycles. The van der Waals surface area contributed by atoms with Crippen LogP contribution in [0.1, 0.15) is 30.2 Å². The molecule has 19 heavy (non-hydrogen) atoms. The van der Waals surface area contributed by atoms with Crippen molar-refractivity contribution in [2.45, 2.75) is 19.9 Å². The van der Waals surface area contributed by atoms with Gasteiger partial charge >= 0.3 is 5.97 Å². The monoisotopic (exact) mass is 281 g/mol. The van der Waals surface area contributed by atoms with Crippen molar-refractivity contribution < 1.29 is 14.6 Å². The third-order valence-corrected chi connectivity index (χ3v) is 2.69. The van der Waals surface area contributed by atoms with E-state index in [1.54, 1.807) is 10.9 Å². The van der Waals surface area contributed by atoms with Crippen molar-refractivity contribution in [1.29, 1.82) is 0 Å². The van der Waals surface area contributed by atoms with E-state index in [9.17, 15) is 4.79 Å². The average Bonchev–Trinajstić information content (AvgIpc) is 2.80. The molecule has 0 aliphatic heterocycles. The fourth-order valence-corrected chi connectivity index (χ4v) is 1.60. The number of rotatable bonds is 4. The van der Waals surface area contributed by atoms with Crippen LogP contribution < -0.4 is 4.74 Å². The lowest BCUT2D eigenvalue weighted by Crippen LogP contribution is -2.00. The van der Waals surface area contributed by atoms with Gasteiger partial charge in [-0.2, -0.15) is 5.10 Å². The summed E-state index contributed by atoms with van der Waals surface area (Å²) in [5.74, 6) is -0.486. The third-order valence-electron chi connectivity index (χ3n) is 2.39. The number of halogens is 1. The molecular weight excluding hydrogens is 270 g/mol. The fraction of sp³-hybridized carbons (Fsp3) is 0.250. The number of carboxylic acid groups (broad SMARTS) is 1. The minimum Gasteiger partial charge on any atom is -0.478 e. The van der Waals surface area contributed by atoms with Gasteiger partial charge in [0.1, 0.15) is 0 Å². The Morgan fingerprint density at radius 3 is 2.79 bits per heavy atom. The molecule has 0 bridgehead atoms. The highest BCUT2D eigenvalue weighted by atomic mass is 35.5. The normalized spacial score (nSPS) is 10.7. The molecule has 1 N–H and O–H groups in total. The zero-order valence-electron chi connectivity index (χ0n) is 10.4. The lowest BCUT2D eigenvalue weighted by molar-refractivity contribution is 0.0696. The molecule has 0 fully saturated rings. The Kier molecular flexibility index (Phi) is 3.71. The lowest BCUT2D eigenvalue weighted by Gasteiger charge is -2.05. The first-order valence-electron chi connectivity index (χ1n) is 5.58. The van der Waals surface area contributed by atoms with Gasteiger partial charge in [-0.15, -0.1) is 0 Å². The second-order valence-corrected chi connectivity index (χ2v) is 4.57. The van der Waals surface area contributed by atoms with Gasteiger partial charge in [0.05, 0.1) is 29.2 Å². The number of hydrogen-bond acceptors (Lipinski definition) is 4. The molecule has 0 radical (unpaired) electrons. The highest BCUT2D eigenvalue weighted by molar-refractivity contribution is 6.33. The molecule has 2 aromatic heterocycles. The summed E-state index contributed by atoms with van der Waals surface area (Å²) in [6.07, 6.45) is 4.49. The standard InChI is InChI=1S/C12H12ClN3O3/c1-7(2)16-6-8(4-15-16)19-11-3-9(12(17)18)10(13)5-14-11/h3-7H,1-2H3,(H,17,18). The molecule has 0 saturated heterocycles. The minimum atomic E-state index is -1.13. The van der Waals surface area contributed by atoms with Crippen LogP contribution in [0, 0.1) is 0 Å². The Morgan fingerprint density at radius 2 is 2.21 bits per heavy atom. The van der Waals surface area contributed by atoms with Crippen LogP contribution in [0.4, 0.5) is 0 Å². The molecule has 100 valence electrons. The molecule has 0 spiro atoms. The number of carbonyl (C=O) groups is 1. The number of aromatic carboxylic acids is 1. The maximum absolute atomic E-state index is 10.9. The molecule has 2 rings (SSSR count). The second-order valence-electron chi connectivity index (χ2n) is 4.16. The average molecular weight is 282 g/mol. The van der Waals surface area contributed by atoms with Gasteiger partial charge < -0.3 is 9.84 Å². The van der Waals surface area contributed by atoms with Gasteiger partial charge in [-0.05, 0) is 13.8 Å². The summed E-state index contributed by atoms with van der Waals surface area (Å²) in [6, 6.07) is 1.49. The summed E-state index contributed by atoms with van der Waals surface area (Å²) < 4.78 is 7.16. The second kappa shape index (κ2) is 5.27. The Balaban J connectivity index is 2.23. The van der Waals surface area contributed by atoms with Gasteiger partial charge in [0.15, 0.2) is 5.75 Å². The van der Waals surface area contributed by atoms with Gasteiger partial charge in [-0.1, -0.05) is 11.6 Å². The largest absolute Gasteiger partial charge is 0.478 e. The number of carboxylic acids is 1. The Hall–Kier alpha value is -2.08. The van der Waals surface area contributed by atoms with Gasteiger partial charge in [-0.3, -0.25) is 4.68 Å². The predicted molar refractivity (Wildman–Crippen MR) is 68.9 cm³/mol. The first-order valence-corrected chi connectivity index (χ1v) is 5.96. The van der Waals surface area contributed by atoms with Crippen LogP contribution in [0.5, 0.6) is 11.6 Å². The predicted octanol–water partition coefficient (Wildman–Crippen LogP) is 3.00. The van der Waals surface area contributed by atoms with Crippen LogP contribution in [0.25, 0.3) is 0 Å². The Morgan fingerprint density at radius 1 is 1.47 bits per heavy atom. The maximum atomic E-state index is 10.9. The smallest absolute Gasteiger partial charge is 0.337 e. The van der Waals surface area contributed by atoms with Crippen molar-refractivity contribution in [3.8, 4) is 11.6 Å². The Bertz CT molecular complexity index is 610. The van der Waals surface area contributed by atoms with Crippen LogP contribution in [-0.2, 0) is 0 Å². The number of ether oxygens (including phenoxy) is 1. The number of pyridine rings is 1. The summed E-state index contributed by atoms with van der Waals surface area (Å²) in [4.78, 5) is 14.9. The lowest BCUT2D eigenvalue weighted by atomic mass is 10.3. The van der Waals surface area contributed by atoms with E-state index < -0.39 is 5.97 Å². The van der Waals surface area contributed by atoms with E-state index in [0.29, 0.717) is 5.75 Å². The summed E-state index contributed by atoms with van der Waals surface area (Å²) in [7, 11) is 0. The fourth-order valence-electron chi connectivity index (χ4n) is 1.42. The van der Waals surface area contributed by atoms with E-state index in [4.69, 9.17) is 21.4 Å². The van der Waals surface area contributed by atoms with E-state index in [1.165, 1.54) is 18.5 Å². The molecule has 0 aliphatic rings. The van der Waals surface area contributed by atoms with Crippen LogP contribution in [0.2, 0.25) is 5.02 Å². The number of nitrogens with zero attached hydrogens (tertiary/aromatic N) is 3. The maximum Gasteiger partial charge on any atom is 0.337 e. The third kappa shape index (κ3) is 3.03. The molecule has 7 heteroatoms. The molecule has 0 amide bonds. The van der Waals surface area contributed by atoms with Gasteiger partial charge in [0.2, 0.25) is 5.88 Å². The van der Waals surface area contributed by atoms with Crippen molar-refractivity contribution in [1.82, 2.24) is 14.8 Å². The molecule has 0 unspecified atom stereocenters. The molecule has 2 heterocycles. The van der Waals surface area contributed by atoms with Gasteiger partial charge in [-0.25, -0.2) is 9.78 Å². The van der Waals surface area contributed by atoms with Crippen LogP contribution in [0.15, 0.2) is 24.7 Å². The summed E-state index contributed by atoms with van der Waals surface area (Å²) >= 11 is 5.72. The van der Waals surface area contributed by atoms with E-state index >= 15 is 0 Å².